The van der Waals surface area contributed by atoms with Gasteiger partial charge in [0, 0.05) is 6.08 Å². The van der Waals surface area contributed by atoms with Crippen LogP contribution in [-0.2, 0) is 14.3 Å². The van der Waals surface area contributed by atoms with Gasteiger partial charge in [0.05, 0.1) is 18.2 Å². The summed E-state index contributed by atoms with van der Waals surface area (Å²) in [4.78, 5) is 23.8. The Balaban J connectivity index is 2.93. The van der Waals surface area contributed by atoms with Crippen LogP contribution in [0.2, 0.25) is 0 Å². The van der Waals surface area contributed by atoms with Crippen molar-refractivity contribution in [2.45, 2.75) is 84.0 Å². The SMILES string of the molecule is CCOC(=O)C=C[C@H](O)[C@@](C)(NC(=O)OC(C)(C)C)C1CCCCC1. The van der Waals surface area contributed by atoms with Crippen LogP contribution in [0.1, 0.15) is 66.7 Å². The molecule has 1 rings (SSSR count). The van der Waals surface area contributed by atoms with Gasteiger partial charge in [-0.05, 0) is 59.5 Å². The number of nitrogens with one attached hydrogen (secondary N) is 1. The predicted octanol–water partition coefficient (Wildman–Crippen LogP) is 3.33. The fourth-order valence-electron chi connectivity index (χ4n) is 3.20. The van der Waals surface area contributed by atoms with Crippen LogP contribution < -0.4 is 5.32 Å². The summed E-state index contributed by atoms with van der Waals surface area (Å²) in [6, 6.07) is 0. The number of hydrogen-bond donors (Lipinski definition) is 2. The van der Waals surface area contributed by atoms with Crippen molar-refractivity contribution in [3.8, 4) is 0 Å². The third-order valence-electron chi connectivity index (χ3n) is 4.54. The minimum absolute atomic E-state index is 0.107. The van der Waals surface area contributed by atoms with Crippen molar-refractivity contribution in [3.63, 3.8) is 0 Å². The van der Waals surface area contributed by atoms with E-state index in [4.69, 9.17) is 9.47 Å². The lowest BCUT2D eigenvalue weighted by Crippen LogP contribution is -2.59. The molecule has 0 radical (unpaired) electrons. The summed E-state index contributed by atoms with van der Waals surface area (Å²) < 4.78 is 10.2. The average molecular weight is 355 g/mol. The van der Waals surface area contributed by atoms with Crippen molar-refractivity contribution in [2.75, 3.05) is 6.61 Å². The first-order valence-electron chi connectivity index (χ1n) is 9.12. The molecule has 0 bridgehead atoms. The zero-order valence-electron chi connectivity index (χ0n) is 16.1. The normalized spacial score (nSPS) is 19.9. The molecule has 0 saturated heterocycles. The van der Waals surface area contributed by atoms with Gasteiger partial charge in [0.1, 0.15) is 5.60 Å². The molecule has 6 nitrogen and oxygen atoms in total. The van der Waals surface area contributed by atoms with Gasteiger partial charge in [-0.1, -0.05) is 19.3 Å². The molecular weight excluding hydrogens is 322 g/mol. The van der Waals surface area contributed by atoms with Crippen molar-refractivity contribution in [2.24, 2.45) is 5.92 Å². The number of rotatable bonds is 6. The second-order valence-corrected chi connectivity index (χ2v) is 7.80. The largest absolute Gasteiger partial charge is 0.463 e. The predicted molar refractivity (Wildman–Crippen MR) is 96.1 cm³/mol. The lowest BCUT2D eigenvalue weighted by molar-refractivity contribution is -0.137. The third-order valence-corrected chi connectivity index (χ3v) is 4.54. The van der Waals surface area contributed by atoms with E-state index < -0.39 is 29.3 Å². The van der Waals surface area contributed by atoms with E-state index in [-0.39, 0.29) is 12.5 Å². The van der Waals surface area contributed by atoms with Crippen LogP contribution in [0.25, 0.3) is 0 Å². The first kappa shape index (κ1) is 21.5. The molecule has 1 aliphatic rings. The van der Waals surface area contributed by atoms with E-state index in [0.717, 1.165) is 32.1 Å². The van der Waals surface area contributed by atoms with E-state index in [2.05, 4.69) is 5.32 Å². The lowest BCUT2D eigenvalue weighted by Gasteiger charge is -2.43. The Bertz CT molecular complexity index is 477. The maximum atomic E-state index is 12.3. The molecule has 0 spiro atoms. The molecule has 2 atom stereocenters. The molecule has 0 unspecified atom stereocenters. The Morgan fingerprint density at radius 2 is 1.80 bits per heavy atom. The molecule has 0 aromatic rings. The fraction of sp³-hybridized carbons (Fsp3) is 0.789. The van der Waals surface area contributed by atoms with Crippen LogP contribution in [0.15, 0.2) is 12.2 Å². The number of ether oxygens (including phenoxy) is 2. The standard InChI is InChI=1S/C19H33NO5/c1-6-24-16(22)13-12-15(21)19(5,14-10-8-7-9-11-14)20-17(23)25-18(2,3)4/h12-15,21H,6-11H2,1-5H3,(H,20,23)/t15-,19-/m0/s1. The highest BCUT2D eigenvalue weighted by atomic mass is 16.6. The lowest BCUT2D eigenvalue weighted by atomic mass is 9.72. The van der Waals surface area contributed by atoms with Crippen LogP contribution in [-0.4, -0.2) is 41.0 Å². The van der Waals surface area contributed by atoms with Crippen LogP contribution in [0.3, 0.4) is 0 Å². The number of aliphatic hydroxyl groups excluding tert-OH is 1. The first-order chi connectivity index (χ1) is 11.6. The summed E-state index contributed by atoms with van der Waals surface area (Å²) in [5.74, 6) is -0.402. The Kier molecular flexibility index (Phi) is 7.93. The molecule has 0 heterocycles. The molecular formula is C19H33NO5. The zero-order chi connectivity index (χ0) is 19.1. The Morgan fingerprint density at radius 1 is 1.20 bits per heavy atom. The number of aliphatic hydroxyl groups is 1. The van der Waals surface area contributed by atoms with Gasteiger partial charge in [0.25, 0.3) is 0 Å². The van der Waals surface area contributed by atoms with Gasteiger partial charge in [0.2, 0.25) is 0 Å². The van der Waals surface area contributed by atoms with Crippen LogP contribution in [0, 0.1) is 5.92 Å². The molecule has 1 saturated carbocycles. The van der Waals surface area contributed by atoms with Gasteiger partial charge < -0.3 is 19.9 Å². The van der Waals surface area contributed by atoms with E-state index in [1.165, 1.54) is 12.2 Å². The summed E-state index contributed by atoms with van der Waals surface area (Å²) in [6.07, 6.45) is 6.13. The molecule has 25 heavy (non-hydrogen) atoms. The van der Waals surface area contributed by atoms with Crippen LogP contribution in [0.4, 0.5) is 4.79 Å². The van der Waals surface area contributed by atoms with Gasteiger partial charge in [0.15, 0.2) is 0 Å². The maximum absolute atomic E-state index is 12.3. The van der Waals surface area contributed by atoms with E-state index in [9.17, 15) is 14.7 Å². The molecule has 0 aromatic heterocycles. The van der Waals surface area contributed by atoms with Crippen molar-refractivity contribution in [1.82, 2.24) is 5.32 Å². The second-order valence-electron chi connectivity index (χ2n) is 7.80. The highest BCUT2D eigenvalue weighted by Crippen LogP contribution is 2.35. The number of carbonyl (C=O) groups excluding carboxylic acids is 2. The summed E-state index contributed by atoms with van der Waals surface area (Å²) in [5, 5.41) is 13.6. The third kappa shape index (κ3) is 7.06. The molecule has 0 aromatic carbocycles. The quantitative estimate of drug-likeness (QED) is 0.564. The fourth-order valence-corrected chi connectivity index (χ4v) is 3.20. The van der Waals surface area contributed by atoms with E-state index in [0.29, 0.717) is 0 Å². The highest BCUT2D eigenvalue weighted by Gasteiger charge is 2.42. The number of esters is 1. The van der Waals surface area contributed by atoms with Crippen molar-refractivity contribution >= 4 is 12.1 Å². The Hall–Kier alpha value is -1.56. The minimum Gasteiger partial charge on any atom is -0.463 e. The molecule has 6 heteroatoms. The Morgan fingerprint density at radius 3 is 2.32 bits per heavy atom. The second kappa shape index (κ2) is 9.22. The van der Waals surface area contributed by atoms with Gasteiger partial charge in [-0.3, -0.25) is 0 Å². The van der Waals surface area contributed by atoms with Gasteiger partial charge in [-0.2, -0.15) is 0 Å². The van der Waals surface area contributed by atoms with E-state index >= 15 is 0 Å². The van der Waals surface area contributed by atoms with E-state index in [1.54, 1.807) is 27.7 Å². The van der Waals surface area contributed by atoms with E-state index in [1.807, 2.05) is 6.92 Å². The summed E-state index contributed by atoms with van der Waals surface area (Å²) >= 11 is 0. The molecule has 1 aliphatic carbocycles. The van der Waals surface area contributed by atoms with Crippen molar-refractivity contribution in [3.05, 3.63) is 12.2 Å². The maximum Gasteiger partial charge on any atom is 0.408 e. The monoisotopic (exact) mass is 355 g/mol. The molecule has 2 N–H and O–H groups in total. The summed E-state index contributed by atoms with van der Waals surface area (Å²) in [5.41, 5.74) is -1.53. The van der Waals surface area contributed by atoms with Crippen molar-refractivity contribution < 1.29 is 24.2 Å². The van der Waals surface area contributed by atoms with Gasteiger partial charge >= 0.3 is 12.1 Å². The minimum atomic E-state index is -1.02. The highest BCUT2D eigenvalue weighted by molar-refractivity contribution is 5.82. The first-order valence-corrected chi connectivity index (χ1v) is 9.12. The van der Waals surface area contributed by atoms with Gasteiger partial charge in [-0.15, -0.1) is 0 Å². The average Bonchev–Trinajstić information content (AvgIpc) is 2.51. The van der Waals surface area contributed by atoms with Gasteiger partial charge in [-0.25, -0.2) is 9.59 Å². The molecule has 0 aliphatic heterocycles. The van der Waals surface area contributed by atoms with Crippen LogP contribution in [0.5, 0.6) is 0 Å². The molecule has 1 amide bonds. The number of hydrogen-bond acceptors (Lipinski definition) is 5. The number of alkyl carbamates (subject to hydrolysis) is 1. The van der Waals surface area contributed by atoms with Crippen LogP contribution >= 0.6 is 0 Å². The topological polar surface area (TPSA) is 84.9 Å². The zero-order valence-corrected chi connectivity index (χ0v) is 16.1. The molecule has 144 valence electrons. The Labute approximate surface area is 151 Å². The number of carbonyl (C=O) groups is 2. The summed E-state index contributed by atoms with van der Waals surface area (Å²) in [6.45, 7) is 9.19. The smallest absolute Gasteiger partial charge is 0.408 e. The van der Waals surface area contributed by atoms with Crippen molar-refractivity contribution in [1.29, 1.82) is 0 Å². The summed E-state index contributed by atoms with van der Waals surface area (Å²) in [7, 11) is 0. The number of amides is 1. The molecule has 1 fully saturated rings.